The minimum absolute atomic E-state index is 0.0224. The summed E-state index contributed by atoms with van der Waals surface area (Å²) >= 11 is 1.07. The van der Waals surface area contributed by atoms with Gasteiger partial charge in [0.25, 0.3) is 5.56 Å². The maximum absolute atomic E-state index is 13.3. The third kappa shape index (κ3) is 3.48. The molecule has 0 saturated carbocycles. The van der Waals surface area contributed by atoms with Gasteiger partial charge in [-0.05, 0) is 24.5 Å². The molecule has 1 aliphatic heterocycles. The van der Waals surface area contributed by atoms with Crippen molar-refractivity contribution in [1.82, 2.24) is 9.55 Å². The Balaban J connectivity index is 1.92. The molecule has 1 fully saturated rings. The summed E-state index contributed by atoms with van der Waals surface area (Å²) in [5.74, 6) is -0.719. The van der Waals surface area contributed by atoms with Crippen molar-refractivity contribution in [2.75, 3.05) is 18.0 Å². The summed E-state index contributed by atoms with van der Waals surface area (Å²) in [7, 11) is 0. The lowest BCUT2D eigenvalue weighted by Crippen LogP contribution is -2.45. The predicted octanol–water partition coefficient (Wildman–Crippen LogP) is 2.00. The summed E-state index contributed by atoms with van der Waals surface area (Å²) in [6, 6.07) is 9.21. The number of aromatic carboxylic acids is 1. The zero-order valence-corrected chi connectivity index (χ0v) is 16.4. The first kappa shape index (κ1) is 19.1. The Morgan fingerprint density at radius 1 is 1.41 bits per heavy atom. The van der Waals surface area contributed by atoms with Gasteiger partial charge in [-0.2, -0.15) is 5.26 Å². The third-order valence-electron chi connectivity index (χ3n) is 5.09. The minimum Gasteiger partial charge on any atom is -0.478 e. The van der Waals surface area contributed by atoms with Crippen LogP contribution in [0.1, 0.15) is 34.3 Å². The maximum atomic E-state index is 13.3. The summed E-state index contributed by atoms with van der Waals surface area (Å²) in [6.07, 6.45) is 1.75. The predicted molar refractivity (Wildman–Crippen MR) is 111 cm³/mol. The fourth-order valence-electron chi connectivity index (χ4n) is 3.65. The molecule has 1 aromatic carbocycles. The van der Waals surface area contributed by atoms with E-state index in [0.29, 0.717) is 34.9 Å². The molecule has 0 unspecified atom stereocenters. The molecule has 29 heavy (non-hydrogen) atoms. The first-order chi connectivity index (χ1) is 14.0. The number of hydrogen-bond acceptors (Lipinski definition) is 7. The van der Waals surface area contributed by atoms with Gasteiger partial charge >= 0.3 is 5.97 Å². The van der Waals surface area contributed by atoms with Gasteiger partial charge < -0.3 is 15.7 Å². The highest BCUT2D eigenvalue weighted by Gasteiger charge is 2.25. The van der Waals surface area contributed by atoms with Crippen molar-refractivity contribution >= 4 is 33.5 Å². The molecule has 0 radical (unpaired) electrons. The molecule has 8 nitrogen and oxygen atoms in total. The van der Waals surface area contributed by atoms with Crippen LogP contribution >= 0.6 is 11.3 Å². The summed E-state index contributed by atoms with van der Waals surface area (Å²) in [5.41, 5.74) is 7.23. The van der Waals surface area contributed by atoms with Crippen molar-refractivity contribution in [2.24, 2.45) is 5.73 Å². The molecule has 9 heteroatoms. The van der Waals surface area contributed by atoms with Gasteiger partial charge in [-0.1, -0.05) is 18.2 Å². The number of nitrogens with two attached hydrogens (primary N) is 1. The maximum Gasteiger partial charge on any atom is 0.338 e. The van der Waals surface area contributed by atoms with Crippen molar-refractivity contribution < 1.29 is 9.90 Å². The van der Waals surface area contributed by atoms with E-state index in [2.05, 4.69) is 11.1 Å². The monoisotopic (exact) mass is 409 g/mol. The number of carboxylic acids is 1. The Kier molecular flexibility index (Phi) is 5.05. The second kappa shape index (κ2) is 7.66. The number of nitrogens with zero attached hydrogens (tertiary/aromatic N) is 4. The lowest BCUT2D eigenvalue weighted by atomic mass is 10.1. The molecule has 3 heterocycles. The number of anilines is 1. The molecule has 1 saturated heterocycles. The van der Waals surface area contributed by atoms with Crippen LogP contribution in [-0.4, -0.2) is 39.8 Å². The van der Waals surface area contributed by atoms with Crippen LogP contribution < -0.4 is 16.2 Å². The van der Waals surface area contributed by atoms with Gasteiger partial charge in [0.2, 0.25) is 5.95 Å². The topological polar surface area (TPSA) is 125 Å². The Morgan fingerprint density at radius 2 is 2.21 bits per heavy atom. The Hall–Kier alpha value is -3.22. The molecule has 1 aliphatic rings. The van der Waals surface area contributed by atoms with Gasteiger partial charge in [0.05, 0.1) is 23.7 Å². The third-order valence-corrected chi connectivity index (χ3v) is 6.05. The molecular formula is C20H19N5O3S. The van der Waals surface area contributed by atoms with Crippen LogP contribution in [0.4, 0.5) is 5.95 Å². The molecule has 148 valence electrons. The minimum atomic E-state index is -1.11. The van der Waals surface area contributed by atoms with Crippen molar-refractivity contribution in [3.8, 4) is 6.07 Å². The number of hydrogen-bond donors (Lipinski definition) is 2. The Bertz CT molecular complexity index is 1190. The highest BCUT2D eigenvalue weighted by atomic mass is 32.1. The zero-order chi connectivity index (χ0) is 20.5. The van der Waals surface area contributed by atoms with E-state index in [4.69, 9.17) is 5.73 Å². The Labute approximate surface area is 170 Å². The standard InChI is InChI=1S/C20H19N5O3S/c21-8-12-4-1-2-5-13(12)9-25-18(26)17-16(15(11-29-17)19(27)28)23-20(25)24-7-3-6-14(22)10-24/h1-2,4-5,11,14H,3,6-7,9-10,22H2,(H,27,28)/t14-/m1/s1. The summed E-state index contributed by atoms with van der Waals surface area (Å²) < 4.78 is 1.82. The van der Waals surface area contributed by atoms with E-state index in [-0.39, 0.29) is 29.2 Å². The number of rotatable bonds is 4. The first-order valence-electron chi connectivity index (χ1n) is 9.23. The second-order valence-electron chi connectivity index (χ2n) is 7.05. The van der Waals surface area contributed by atoms with Crippen LogP contribution in [0.25, 0.3) is 10.2 Å². The fraction of sp³-hybridized carbons (Fsp3) is 0.300. The molecule has 2 aromatic heterocycles. The number of fused-ring (bicyclic) bond motifs is 1. The van der Waals surface area contributed by atoms with Crippen LogP contribution in [0.2, 0.25) is 0 Å². The lowest BCUT2D eigenvalue weighted by Gasteiger charge is -2.33. The Morgan fingerprint density at radius 3 is 2.93 bits per heavy atom. The fourth-order valence-corrected chi connectivity index (χ4v) is 4.58. The van der Waals surface area contributed by atoms with Gasteiger partial charge in [0.1, 0.15) is 10.2 Å². The molecule has 0 amide bonds. The number of carboxylic acid groups (broad SMARTS) is 1. The lowest BCUT2D eigenvalue weighted by molar-refractivity contribution is 0.0699. The van der Waals surface area contributed by atoms with E-state index >= 15 is 0 Å². The number of thiophene rings is 1. The van der Waals surface area contributed by atoms with Crippen LogP contribution in [-0.2, 0) is 6.54 Å². The quantitative estimate of drug-likeness (QED) is 0.675. The molecule has 4 rings (SSSR count). The van der Waals surface area contributed by atoms with Gasteiger partial charge in [0.15, 0.2) is 0 Å². The summed E-state index contributed by atoms with van der Waals surface area (Å²) in [5, 5.41) is 20.3. The highest BCUT2D eigenvalue weighted by Crippen LogP contribution is 2.26. The molecule has 0 spiro atoms. The molecule has 3 aromatic rings. The number of aromatic nitrogens is 2. The van der Waals surface area contributed by atoms with Gasteiger partial charge in [0, 0.05) is 24.5 Å². The number of piperidine rings is 1. The average molecular weight is 409 g/mol. The van der Waals surface area contributed by atoms with Crippen molar-refractivity contribution in [1.29, 1.82) is 5.26 Å². The van der Waals surface area contributed by atoms with E-state index < -0.39 is 5.97 Å². The van der Waals surface area contributed by atoms with E-state index in [1.54, 1.807) is 18.2 Å². The second-order valence-corrected chi connectivity index (χ2v) is 7.93. The summed E-state index contributed by atoms with van der Waals surface area (Å²) in [4.78, 5) is 31.4. The molecule has 0 bridgehead atoms. The number of carbonyl (C=O) groups is 1. The van der Waals surface area contributed by atoms with Crippen LogP contribution in [0.15, 0.2) is 34.4 Å². The van der Waals surface area contributed by atoms with Crippen molar-refractivity contribution in [3.05, 3.63) is 56.7 Å². The van der Waals surface area contributed by atoms with E-state index in [9.17, 15) is 20.0 Å². The average Bonchev–Trinajstić information content (AvgIpc) is 3.15. The molecule has 0 aliphatic carbocycles. The van der Waals surface area contributed by atoms with Crippen molar-refractivity contribution in [2.45, 2.75) is 25.4 Å². The highest BCUT2D eigenvalue weighted by molar-refractivity contribution is 7.17. The van der Waals surface area contributed by atoms with Gasteiger partial charge in [-0.3, -0.25) is 9.36 Å². The van der Waals surface area contributed by atoms with Gasteiger partial charge in [-0.25, -0.2) is 9.78 Å². The number of benzene rings is 1. The van der Waals surface area contributed by atoms with Crippen LogP contribution in [0.5, 0.6) is 0 Å². The summed E-state index contributed by atoms with van der Waals surface area (Å²) in [6.45, 7) is 1.38. The van der Waals surface area contributed by atoms with E-state index in [0.717, 1.165) is 24.2 Å². The SMILES string of the molecule is N#Cc1ccccc1Cn1c(N2CCC[C@@H](N)C2)nc2c(C(=O)O)csc2c1=O. The van der Waals surface area contributed by atoms with E-state index in [1.807, 2.05) is 11.0 Å². The first-order valence-corrected chi connectivity index (χ1v) is 10.1. The molecule has 3 N–H and O–H groups in total. The normalized spacial score (nSPS) is 16.7. The molecular weight excluding hydrogens is 390 g/mol. The molecule has 1 atom stereocenters. The van der Waals surface area contributed by atoms with Crippen LogP contribution in [0.3, 0.4) is 0 Å². The zero-order valence-electron chi connectivity index (χ0n) is 15.5. The number of nitriles is 1. The smallest absolute Gasteiger partial charge is 0.338 e. The van der Waals surface area contributed by atoms with Crippen LogP contribution in [0, 0.1) is 11.3 Å². The van der Waals surface area contributed by atoms with E-state index in [1.165, 1.54) is 9.95 Å². The van der Waals surface area contributed by atoms with Crippen molar-refractivity contribution in [3.63, 3.8) is 0 Å². The van der Waals surface area contributed by atoms with Gasteiger partial charge in [-0.15, -0.1) is 11.3 Å². The largest absolute Gasteiger partial charge is 0.478 e.